The van der Waals surface area contributed by atoms with Gasteiger partial charge in [-0.2, -0.15) is 0 Å². The number of rotatable bonds is 2. The lowest BCUT2D eigenvalue weighted by Gasteiger charge is -2.08. The van der Waals surface area contributed by atoms with Crippen LogP contribution in [-0.4, -0.2) is 10.2 Å². The van der Waals surface area contributed by atoms with Crippen molar-refractivity contribution < 1.29 is 4.74 Å². The minimum Gasteiger partial charge on any atom is -0.452 e. The Labute approximate surface area is 113 Å². The van der Waals surface area contributed by atoms with E-state index in [4.69, 9.17) is 39.5 Å². The summed E-state index contributed by atoms with van der Waals surface area (Å²) in [5, 5.41) is 8.05. The molecule has 0 N–H and O–H groups in total. The highest BCUT2D eigenvalue weighted by Gasteiger charge is 2.09. The van der Waals surface area contributed by atoms with Crippen LogP contribution in [0.2, 0.25) is 15.3 Å². The molecule has 0 spiro atoms. The number of halogens is 3. The van der Waals surface area contributed by atoms with E-state index in [0.29, 0.717) is 16.5 Å². The molecule has 1 heterocycles. The van der Waals surface area contributed by atoms with Crippen molar-refractivity contribution in [3.63, 3.8) is 0 Å². The van der Waals surface area contributed by atoms with Gasteiger partial charge in [0.25, 0.3) is 0 Å². The van der Waals surface area contributed by atoms with Crippen LogP contribution in [0, 0.1) is 6.92 Å². The van der Waals surface area contributed by atoms with Gasteiger partial charge in [-0.3, -0.25) is 0 Å². The van der Waals surface area contributed by atoms with E-state index in [-0.39, 0.29) is 10.3 Å². The third-order valence-corrected chi connectivity index (χ3v) is 2.74. The minimum absolute atomic E-state index is 0.131. The molecular weight excluding hydrogens is 282 g/mol. The van der Waals surface area contributed by atoms with Gasteiger partial charge in [-0.25, -0.2) is 0 Å². The number of aromatic nitrogens is 2. The summed E-state index contributed by atoms with van der Waals surface area (Å²) in [6.07, 6.45) is 0. The van der Waals surface area contributed by atoms with Crippen LogP contribution in [0.15, 0.2) is 24.3 Å². The van der Waals surface area contributed by atoms with Crippen molar-refractivity contribution in [2.45, 2.75) is 6.92 Å². The number of ether oxygens (including phenoxy) is 1. The van der Waals surface area contributed by atoms with Crippen molar-refractivity contribution in [2.24, 2.45) is 0 Å². The molecule has 0 amide bonds. The fourth-order valence-corrected chi connectivity index (χ4v) is 1.76. The molecular formula is C11H7Cl3N2O. The first-order valence-electron chi connectivity index (χ1n) is 4.69. The van der Waals surface area contributed by atoms with Gasteiger partial charge in [0, 0.05) is 6.07 Å². The van der Waals surface area contributed by atoms with E-state index in [1.54, 1.807) is 12.1 Å². The molecule has 0 aliphatic carbocycles. The summed E-state index contributed by atoms with van der Waals surface area (Å²) in [5.74, 6) is 0.806. The van der Waals surface area contributed by atoms with Crippen LogP contribution < -0.4 is 4.74 Å². The second-order valence-corrected chi connectivity index (χ2v) is 4.51. The van der Waals surface area contributed by atoms with Gasteiger partial charge >= 0.3 is 0 Å². The highest BCUT2D eigenvalue weighted by Crippen LogP contribution is 2.33. The Morgan fingerprint density at radius 3 is 2.47 bits per heavy atom. The van der Waals surface area contributed by atoms with Crippen molar-refractivity contribution in [2.75, 3.05) is 0 Å². The molecule has 17 heavy (non-hydrogen) atoms. The first kappa shape index (κ1) is 12.4. The second kappa shape index (κ2) is 5.08. The predicted octanol–water partition coefficient (Wildman–Crippen LogP) is 4.54. The van der Waals surface area contributed by atoms with Gasteiger partial charge in [-0.05, 0) is 24.6 Å². The lowest BCUT2D eigenvalue weighted by molar-refractivity contribution is 0.479. The summed E-state index contributed by atoms with van der Waals surface area (Å²) in [6, 6.07) is 6.90. The Morgan fingerprint density at radius 1 is 1.00 bits per heavy atom. The summed E-state index contributed by atoms with van der Waals surface area (Å²) in [5.41, 5.74) is 1.04. The molecule has 0 saturated heterocycles. The summed E-state index contributed by atoms with van der Waals surface area (Å²) < 4.78 is 5.52. The third-order valence-electron chi connectivity index (χ3n) is 1.99. The van der Waals surface area contributed by atoms with Crippen LogP contribution in [0.3, 0.4) is 0 Å². The zero-order valence-electron chi connectivity index (χ0n) is 8.75. The second-order valence-electron chi connectivity index (χ2n) is 3.36. The van der Waals surface area contributed by atoms with Crippen molar-refractivity contribution in [3.05, 3.63) is 45.2 Å². The van der Waals surface area contributed by atoms with Crippen molar-refractivity contribution in [1.29, 1.82) is 0 Å². The Bertz CT molecular complexity index is 560. The predicted molar refractivity (Wildman–Crippen MR) is 68.3 cm³/mol. The maximum Gasteiger partial charge on any atom is 0.194 e. The zero-order valence-corrected chi connectivity index (χ0v) is 11.0. The monoisotopic (exact) mass is 288 g/mol. The van der Waals surface area contributed by atoms with E-state index in [1.165, 1.54) is 6.07 Å². The van der Waals surface area contributed by atoms with Gasteiger partial charge < -0.3 is 4.74 Å². The normalized spacial score (nSPS) is 10.4. The fraction of sp³-hybridized carbons (Fsp3) is 0.0909. The van der Waals surface area contributed by atoms with E-state index in [9.17, 15) is 0 Å². The number of hydrogen-bond acceptors (Lipinski definition) is 3. The number of benzene rings is 1. The molecule has 0 aliphatic heterocycles. The molecule has 1 aromatic carbocycles. The minimum atomic E-state index is 0.131. The van der Waals surface area contributed by atoms with Crippen LogP contribution in [0.5, 0.6) is 11.5 Å². The molecule has 6 heteroatoms. The average Bonchev–Trinajstić information content (AvgIpc) is 2.27. The fourth-order valence-electron chi connectivity index (χ4n) is 1.22. The topological polar surface area (TPSA) is 35.0 Å². The van der Waals surface area contributed by atoms with Gasteiger partial charge in [0.15, 0.2) is 16.1 Å². The van der Waals surface area contributed by atoms with Gasteiger partial charge in [-0.15, -0.1) is 10.2 Å². The van der Waals surface area contributed by atoms with E-state index >= 15 is 0 Å². The van der Waals surface area contributed by atoms with E-state index < -0.39 is 0 Å². The number of nitrogens with zero attached hydrogens (tertiary/aromatic N) is 2. The molecule has 3 nitrogen and oxygen atoms in total. The molecule has 88 valence electrons. The van der Waals surface area contributed by atoms with Gasteiger partial charge in [0.05, 0.1) is 5.02 Å². The largest absolute Gasteiger partial charge is 0.452 e. The molecule has 1 aromatic heterocycles. The van der Waals surface area contributed by atoms with Crippen LogP contribution in [0.4, 0.5) is 0 Å². The summed E-state index contributed by atoms with van der Waals surface area (Å²) in [6.45, 7) is 1.94. The van der Waals surface area contributed by atoms with Gasteiger partial charge in [0.1, 0.15) is 5.75 Å². The van der Waals surface area contributed by atoms with Gasteiger partial charge in [-0.1, -0.05) is 40.9 Å². The Balaban J connectivity index is 2.34. The molecule has 0 atom stereocenters. The molecule has 0 radical (unpaired) electrons. The van der Waals surface area contributed by atoms with Crippen LogP contribution in [0.25, 0.3) is 0 Å². The molecule has 0 saturated carbocycles. The van der Waals surface area contributed by atoms with Crippen molar-refractivity contribution >= 4 is 34.8 Å². The quantitative estimate of drug-likeness (QED) is 0.814. The van der Waals surface area contributed by atoms with Crippen LogP contribution >= 0.6 is 34.8 Å². The van der Waals surface area contributed by atoms with Gasteiger partial charge in [0.2, 0.25) is 0 Å². The average molecular weight is 290 g/mol. The van der Waals surface area contributed by atoms with Crippen LogP contribution in [0.1, 0.15) is 5.56 Å². The summed E-state index contributed by atoms with van der Waals surface area (Å²) in [4.78, 5) is 0. The lowest BCUT2D eigenvalue weighted by atomic mass is 10.2. The zero-order chi connectivity index (χ0) is 12.4. The van der Waals surface area contributed by atoms with Crippen molar-refractivity contribution in [3.8, 4) is 11.5 Å². The van der Waals surface area contributed by atoms with E-state index in [1.807, 2.05) is 13.0 Å². The van der Waals surface area contributed by atoms with E-state index in [0.717, 1.165) is 5.56 Å². The maximum atomic E-state index is 6.03. The molecule has 0 aliphatic rings. The van der Waals surface area contributed by atoms with Crippen molar-refractivity contribution in [1.82, 2.24) is 10.2 Å². The maximum absolute atomic E-state index is 6.03. The standard InChI is InChI=1S/C11H7Cl3N2O/c1-6-2-3-8(7(12)4-6)17-9-5-10(13)15-16-11(9)14/h2-5H,1H3. The third kappa shape index (κ3) is 3.00. The molecule has 2 rings (SSSR count). The molecule has 0 unspecified atom stereocenters. The SMILES string of the molecule is Cc1ccc(Oc2cc(Cl)nnc2Cl)c(Cl)c1. The smallest absolute Gasteiger partial charge is 0.194 e. The highest BCUT2D eigenvalue weighted by molar-refractivity contribution is 6.33. The summed E-state index contributed by atoms with van der Waals surface area (Å²) >= 11 is 17.6. The molecule has 0 fully saturated rings. The lowest BCUT2D eigenvalue weighted by Crippen LogP contribution is -1.91. The number of hydrogen-bond donors (Lipinski definition) is 0. The molecule has 2 aromatic rings. The Morgan fingerprint density at radius 2 is 1.76 bits per heavy atom. The van der Waals surface area contributed by atoms with Crippen LogP contribution in [-0.2, 0) is 0 Å². The first-order valence-corrected chi connectivity index (χ1v) is 5.82. The first-order chi connectivity index (χ1) is 8.06. The van der Waals surface area contributed by atoms with E-state index in [2.05, 4.69) is 10.2 Å². The highest BCUT2D eigenvalue weighted by atomic mass is 35.5. The Hall–Kier alpha value is -1.03. The molecule has 0 bridgehead atoms. The summed E-state index contributed by atoms with van der Waals surface area (Å²) in [7, 11) is 0. The number of aryl methyl sites for hydroxylation is 1. The Kier molecular flexibility index (Phi) is 3.72.